The van der Waals surface area contributed by atoms with E-state index in [1.165, 1.54) is 37.8 Å². The van der Waals surface area contributed by atoms with Crippen LogP contribution in [-0.4, -0.2) is 20.1 Å². The van der Waals surface area contributed by atoms with Crippen molar-refractivity contribution < 1.29 is 0 Å². The van der Waals surface area contributed by atoms with Gasteiger partial charge in [-0.25, -0.2) is 0 Å². The van der Waals surface area contributed by atoms with Crippen molar-refractivity contribution in [1.29, 1.82) is 0 Å². The molecule has 106 valence electrons. The molecular formula is C16H25ClN2. The lowest BCUT2D eigenvalue weighted by atomic mass is 9.83. The Balaban J connectivity index is 2.20. The average molecular weight is 281 g/mol. The zero-order valence-electron chi connectivity index (χ0n) is 12.2. The summed E-state index contributed by atoms with van der Waals surface area (Å²) in [6.45, 7) is 2.30. The molecule has 0 heterocycles. The Morgan fingerprint density at radius 2 is 2.00 bits per heavy atom. The number of benzene rings is 1. The highest BCUT2D eigenvalue weighted by Crippen LogP contribution is 2.36. The summed E-state index contributed by atoms with van der Waals surface area (Å²) < 4.78 is 0. The molecule has 1 aromatic rings. The first-order valence-electron chi connectivity index (χ1n) is 7.35. The molecule has 0 spiro atoms. The smallest absolute Gasteiger partial charge is 0.0786 e. The minimum absolute atomic E-state index is 0.593. The van der Waals surface area contributed by atoms with Gasteiger partial charge >= 0.3 is 0 Å². The summed E-state index contributed by atoms with van der Waals surface area (Å²) in [4.78, 5) is 2.09. The molecule has 1 N–H and O–H groups in total. The SMILES string of the molecule is CCC1CCCCC1Nc1cccc(Cl)c1N(C)C. The third kappa shape index (κ3) is 3.36. The molecule has 0 aliphatic heterocycles. The number of nitrogens with one attached hydrogen (secondary N) is 1. The lowest BCUT2D eigenvalue weighted by Crippen LogP contribution is -2.32. The van der Waals surface area contributed by atoms with Gasteiger partial charge in [0, 0.05) is 20.1 Å². The van der Waals surface area contributed by atoms with Gasteiger partial charge in [-0.1, -0.05) is 43.9 Å². The second-order valence-corrected chi connectivity index (χ2v) is 6.14. The molecule has 0 radical (unpaired) electrons. The number of nitrogens with zero attached hydrogens (tertiary/aromatic N) is 1. The van der Waals surface area contributed by atoms with Crippen molar-refractivity contribution in [3.8, 4) is 0 Å². The Bertz CT molecular complexity index is 417. The Morgan fingerprint density at radius 1 is 1.26 bits per heavy atom. The Labute approximate surface area is 122 Å². The van der Waals surface area contributed by atoms with Crippen LogP contribution in [0, 0.1) is 5.92 Å². The first kappa shape index (κ1) is 14.5. The molecule has 1 aliphatic rings. The van der Waals surface area contributed by atoms with Crippen molar-refractivity contribution in [2.75, 3.05) is 24.3 Å². The van der Waals surface area contributed by atoms with Crippen LogP contribution < -0.4 is 10.2 Å². The third-order valence-electron chi connectivity index (χ3n) is 4.21. The van der Waals surface area contributed by atoms with E-state index < -0.39 is 0 Å². The predicted octanol–water partition coefficient (Wildman–Crippen LogP) is 4.79. The molecule has 1 aromatic carbocycles. The second-order valence-electron chi connectivity index (χ2n) is 5.73. The van der Waals surface area contributed by atoms with E-state index in [1.807, 2.05) is 26.2 Å². The molecular weight excluding hydrogens is 256 g/mol. The van der Waals surface area contributed by atoms with Crippen molar-refractivity contribution in [3.05, 3.63) is 23.2 Å². The van der Waals surface area contributed by atoms with Crippen LogP contribution in [0.25, 0.3) is 0 Å². The van der Waals surface area contributed by atoms with Crippen LogP contribution in [0.15, 0.2) is 18.2 Å². The predicted molar refractivity (Wildman–Crippen MR) is 85.4 cm³/mol. The van der Waals surface area contributed by atoms with Crippen molar-refractivity contribution in [1.82, 2.24) is 0 Å². The Hall–Kier alpha value is -0.890. The molecule has 0 aromatic heterocycles. The van der Waals surface area contributed by atoms with Crippen LogP contribution >= 0.6 is 11.6 Å². The van der Waals surface area contributed by atoms with Gasteiger partial charge in [-0.15, -0.1) is 0 Å². The molecule has 19 heavy (non-hydrogen) atoms. The number of halogens is 1. The van der Waals surface area contributed by atoms with Crippen LogP contribution in [0.5, 0.6) is 0 Å². The number of anilines is 2. The first-order chi connectivity index (χ1) is 9.13. The fourth-order valence-corrected chi connectivity index (χ4v) is 3.52. The Kier molecular flexibility index (Phi) is 4.98. The average Bonchev–Trinajstić information content (AvgIpc) is 2.39. The summed E-state index contributed by atoms with van der Waals surface area (Å²) in [7, 11) is 4.09. The largest absolute Gasteiger partial charge is 0.380 e. The van der Waals surface area contributed by atoms with Gasteiger partial charge in [-0.2, -0.15) is 0 Å². The maximum Gasteiger partial charge on any atom is 0.0786 e. The fourth-order valence-electron chi connectivity index (χ4n) is 3.17. The summed E-state index contributed by atoms with van der Waals surface area (Å²) in [6.07, 6.45) is 6.61. The zero-order valence-corrected chi connectivity index (χ0v) is 13.0. The third-order valence-corrected chi connectivity index (χ3v) is 4.51. The van der Waals surface area contributed by atoms with Gasteiger partial charge in [0.1, 0.15) is 0 Å². The Morgan fingerprint density at radius 3 is 2.68 bits per heavy atom. The molecule has 0 amide bonds. The van der Waals surface area contributed by atoms with Crippen molar-refractivity contribution >= 4 is 23.0 Å². The maximum absolute atomic E-state index is 6.33. The van der Waals surface area contributed by atoms with Crippen molar-refractivity contribution in [3.63, 3.8) is 0 Å². The van der Waals surface area contributed by atoms with Crippen molar-refractivity contribution in [2.24, 2.45) is 5.92 Å². The van der Waals surface area contributed by atoms with E-state index in [0.717, 1.165) is 16.6 Å². The number of rotatable bonds is 4. The quantitative estimate of drug-likeness (QED) is 0.853. The van der Waals surface area contributed by atoms with E-state index >= 15 is 0 Å². The molecule has 0 saturated heterocycles. The summed E-state index contributed by atoms with van der Waals surface area (Å²) >= 11 is 6.33. The van der Waals surface area contributed by atoms with Gasteiger partial charge in [0.05, 0.1) is 16.4 Å². The highest BCUT2D eigenvalue weighted by molar-refractivity contribution is 6.34. The van der Waals surface area contributed by atoms with E-state index in [-0.39, 0.29) is 0 Å². The number of para-hydroxylation sites is 1. The van der Waals surface area contributed by atoms with Gasteiger partial charge < -0.3 is 10.2 Å². The molecule has 3 heteroatoms. The fraction of sp³-hybridized carbons (Fsp3) is 0.625. The van der Waals surface area contributed by atoms with Crippen LogP contribution in [0.2, 0.25) is 5.02 Å². The first-order valence-corrected chi connectivity index (χ1v) is 7.73. The van der Waals surface area contributed by atoms with Gasteiger partial charge in [0.15, 0.2) is 0 Å². The lowest BCUT2D eigenvalue weighted by Gasteiger charge is -2.33. The van der Waals surface area contributed by atoms with Crippen LogP contribution in [0.4, 0.5) is 11.4 Å². The molecule has 1 fully saturated rings. The highest BCUT2D eigenvalue weighted by atomic mass is 35.5. The molecule has 2 atom stereocenters. The molecule has 0 bridgehead atoms. The second kappa shape index (κ2) is 6.51. The van der Waals surface area contributed by atoms with E-state index in [4.69, 9.17) is 11.6 Å². The van der Waals surface area contributed by atoms with E-state index in [1.54, 1.807) is 0 Å². The van der Waals surface area contributed by atoms with Gasteiger partial charge in [-0.05, 0) is 30.9 Å². The minimum atomic E-state index is 0.593. The van der Waals surface area contributed by atoms with Crippen molar-refractivity contribution in [2.45, 2.75) is 45.1 Å². The topological polar surface area (TPSA) is 15.3 Å². The van der Waals surface area contributed by atoms with Crippen LogP contribution in [0.3, 0.4) is 0 Å². The molecule has 1 saturated carbocycles. The zero-order chi connectivity index (χ0) is 13.8. The van der Waals surface area contributed by atoms with Gasteiger partial charge in [-0.3, -0.25) is 0 Å². The van der Waals surface area contributed by atoms with E-state index in [2.05, 4.69) is 23.2 Å². The lowest BCUT2D eigenvalue weighted by molar-refractivity contribution is 0.317. The standard InChI is InChI=1S/C16H25ClN2/c1-4-12-8-5-6-10-14(12)18-15-11-7-9-13(17)16(15)19(2)3/h7,9,11-12,14,18H,4-6,8,10H2,1-3H3. The highest BCUT2D eigenvalue weighted by Gasteiger charge is 2.24. The van der Waals surface area contributed by atoms with Crippen LogP contribution in [-0.2, 0) is 0 Å². The normalized spacial score (nSPS) is 23.2. The van der Waals surface area contributed by atoms with Gasteiger partial charge in [0.2, 0.25) is 0 Å². The summed E-state index contributed by atoms with van der Waals surface area (Å²) in [5.74, 6) is 0.794. The molecule has 2 nitrogen and oxygen atoms in total. The summed E-state index contributed by atoms with van der Waals surface area (Å²) in [5.41, 5.74) is 2.27. The van der Waals surface area contributed by atoms with Crippen LogP contribution in [0.1, 0.15) is 39.0 Å². The summed E-state index contributed by atoms with van der Waals surface area (Å²) in [5, 5.41) is 4.56. The number of hydrogen-bond donors (Lipinski definition) is 1. The minimum Gasteiger partial charge on any atom is -0.380 e. The van der Waals surface area contributed by atoms with Gasteiger partial charge in [0.25, 0.3) is 0 Å². The molecule has 2 unspecified atom stereocenters. The monoisotopic (exact) mass is 280 g/mol. The summed E-state index contributed by atoms with van der Waals surface area (Å²) in [6, 6.07) is 6.72. The molecule has 1 aliphatic carbocycles. The van der Waals surface area contributed by atoms with E-state index in [0.29, 0.717) is 6.04 Å². The molecule has 2 rings (SSSR count). The van der Waals surface area contributed by atoms with E-state index in [9.17, 15) is 0 Å². The number of hydrogen-bond acceptors (Lipinski definition) is 2. The maximum atomic E-state index is 6.33.